The van der Waals surface area contributed by atoms with E-state index in [1.165, 1.54) is 13.3 Å². The third-order valence-corrected chi connectivity index (χ3v) is 5.39. The van der Waals surface area contributed by atoms with Crippen LogP contribution in [-0.2, 0) is 4.79 Å². The van der Waals surface area contributed by atoms with Gasteiger partial charge < -0.3 is 19.5 Å². The first-order valence-corrected chi connectivity index (χ1v) is 12.2. The highest BCUT2D eigenvalue weighted by Gasteiger charge is 2.12. The minimum atomic E-state index is -0.552. The molecule has 9 nitrogen and oxygen atoms in total. The molecule has 0 aliphatic rings. The minimum absolute atomic E-state index is 0.255. The molecule has 0 aliphatic heterocycles. The second-order valence-corrected chi connectivity index (χ2v) is 8.56. The Balaban J connectivity index is 1.56. The molecule has 3 aromatic carbocycles. The van der Waals surface area contributed by atoms with Crippen LogP contribution in [0.5, 0.6) is 17.2 Å². The highest BCUT2D eigenvalue weighted by atomic mass is 79.9. The Kier molecular flexibility index (Phi) is 10.2. The molecule has 0 aliphatic carbocycles. The summed E-state index contributed by atoms with van der Waals surface area (Å²) in [7, 11) is 1.53. The number of hydrogen-bond acceptors (Lipinski definition) is 7. The number of halogens is 1. The van der Waals surface area contributed by atoms with E-state index in [4.69, 9.17) is 14.2 Å². The van der Waals surface area contributed by atoms with Crippen LogP contribution in [0.25, 0.3) is 0 Å². The maximum Gasteiger partial charge on any atom is 0.343 e. The normalized spacial score (nSPS) is 10.6. The summed E-state index contributed by atoms with van der Waals surface area (Å²) < 4.78 is 16.9. The summed E-state index contributed by atoms with van der Waals surface area (Å²) in [6.07, 6.45) is 2.23. The summed E-state index contributed by atoms with van der Waals surface area (Å²) in [4.78, 5) is 36.9. The molecule has 0 atom stereocenters. The molecule has 0 saturated carbocycles. The lowest BCUT2D eigenvalue weighted by Crippen LogP contribution is -2.34. The number of ether oxygens (including phenoxy) is 3. The van der Waals surface area contributed by atoms with Gasteiger partial charge in [-0.1, -0.05) is 22.9 Å². The van der Waals surface area contributed by atoms with Gasteiger partial charge >= 0.3 is 5.97 Å². The molecule has 0 heterocycles. The van der Waals surface area contributed by atoms with E-state index in [-0.39, 0.29) is 12.3 Å². The molecule has 2 N–H and O–H groups in total. The van der Waals surface area contributed by atoms with Crippen LogP contribution in [0.3, 0.4) is 0 Å². The van der Waals surface area contributed by atoms with Gasteiger partial charge in [0.1, 0.15) is 17.2 Å². The van der Waals surface area contributed by atoms with Crippen LogP contribution >= 0.6 is 15.9 Å². The zero-order chi connectivity index (χ0) is 26.6. The Hall–Kier alpha value is -4.18. The molecule has 0 unspecified atom stereocenters. The van der Waals surface area contributed by atoms with Crippen LogP contribution in [0.4, 0.5) is 0 Å². The van der Waals surface area contributed by atoms with Gasteiger partial charge in [0.05, 0.1) is 32.0 Å². The summed E-state index contributed by atoms with van der Waals surface area (Å²) in [5.74, 6) is 0.0570. The number of methoxy groups -OCH3 is 1. The lowest BCUT2D eigenvalue weighted by Gasteiger charge is -2.09. The first-order chi connectivity index (χ1) is 17.9. The van der Waals surface area contributed by atoms with E-state index in [2.05, 4.69) is 31.8 Å². The van der Waals surface area contributed by atoms with E-state index in [1.54, 1.807) is 66.7 Å². The fourth-order valence-electron chi connectivity index (χ4n) is 3.00. The van der Waals surface area contributed by atoms with Crippen molar-refractivity contribution < 1.29 is 28.6 Å². The zero-order valence-corrected chi connectivity index (χ0v) is 21.9. The van der Waals surface area contributed by atoms with Gasteiger partial charge in [-0.3, -0.25) is 9.59 Å². The summed E-state index contributed by atoms with van der Waals surface area (Å²) in [6.45, 7) is 2.33. The van der Waals surface area contributed by atoms with Crippen molar-refractivity contribution in [2.45, 2.75) is 13.3 Å². The third-order valence-electron chi connectivity index (χ3n) is 4.89. The topological polar surface area (TPSA) is 115 Å². The van der Waals surface area contributed by atoms with Crippen molar-refractivity contribution in [2.75, 3.05) is 20.3 Å². The molecule has 0 saturated heterocycles. The van der Waals surface area contributed by atoms with E-state index in [9.17, 15) is 14.4 Å². The molecule has 37 heavy (non-hydrogen) atoms. The van der Waals surface area contributed by atoms with Crippen LogP contribution < -0.4 is 25.0 Å². The van der Waals surface area contributed by atoms with E-state index >= 15 is 0 Å². The van der Waals surface area contributed by atoms with E-state index < -0.39 is 17.8 Å². The van der Waals surface area contributed by atoms with Gasteiger partial charge in [-0.2, -0.15) is 5.10 Å². The maximum atomic E-state index is 12.6. The Bertz CT molecular complexity index is 1260. The molecule has 0 fully saturated rings. The summed E-state index contributed by atoms with van der Waals surface area (Å²) in [5, 5.41) is 6.43. The average Bonchev–Trinajstić information content (AvgIpc) is 2.92. The smallest absolute Gasteiger partial charge is 0.343 e. The van der Waals surface area contributed by atoms with Gasteiger partial charge in [0.15, 0.2) is 0 Å². The number of benzene rings is 3. The van der Waals surface area contributed by atoms with Crippen molar-refractivity contribution in [3.63, 3.8) is 0 Å². The largest absolute Gasteiger partial charge is 0.497 e. The van der Waals surface area contributed by atoms with E-state index in [1.807, 2.05) is 6.92 Å². The monoisotopic (exact) mass is 567 g/mol. The van der Waals surface area contributed by atoms with Gasteiger partial charge in [0.25, 0.3) is 11.8 Å². The number of hydrogen-bond donors (Lipinski definition) is 2. The Morgan fingerprint density at radius 2 is 1.62 bits per heavy atom. The predicted molar refractivity (Wildman–Crippen MR) is 142 cm³/mol. The molecule has 3 aromatic rings. The molecular formula is C27H26BrN3O6. The minimum Gasteiger partial charge on any atom is -0.497 e. The van der Waals surface area contributed by atoms with E-state index in [0.717, 1.165) is 10.9 Å². The number of rotatable bonds is 11. The van der Waals surface area contributed by atoms with Crippen molar-refractivity contribution in [2.24, 2.45) is 5.10 Å². The van der Waals surface area contributed by atoms with Crippen molar-refractivity contribution in [3.8, 4) is 17.2 Å². The Labute approximate surface area is 222 Å². The van der Waals surface area contributed by atoms with Gasteiger partial charge in [-0.15, -0.1) is 0 Å². The first kappa shape index (κ1) is 27.4. The highest BCUT2D eigenvalue weighted by molar-refractivity contribution is 9.10. The molecule has 2 amide bonds. The zero-order valence-electron chi connectivity index (χ0n) is 20.3. The third kappa shape index (κ3) is 8.46. The second kappa shape index (κ2) is 13.8. The Morgan fingerprint density at radius 1 is 0.946 bits per heavy atom. The lowest BCUT2D eigenvalue weighted by molar-refractivity contribution is -0.120. The number of hydrazone groups is 1. The summed E-state index contributed by atoms with van der Waals surface area (Å²) in [5.41, 5.74) is 3.54. The van der Waals surface area contributed by atoms with Crippen molar-refractivity contribution in [3.05, 3.63) is 87.9 Å². The number of amides is 2. The summed E-state index contributed by atoms with van der Waals surface area (Å²) >= 11 is 3.37. The standard InChI is InChI=1S/C27H26BrN3O6/c1-3-14-36-23-11-6-19(7-12-23)27(34)37-24-13-8-21(28)15-20(24)16-30-31-25(32)17-29-26(33)18-4-9-22(35-2)10-5-18/h4-13,15-16H,3,14,17H2,1-2H3,(H,29,33)(H,31,32)/b30-16-. The number of esters is 1. The number of nitrogens with one attached hydrogen (secondary N) is 2. The predicted octanol–water partition coefficient (Wildman–Crippen LogP) is 4.35. The number of nitrogens with zero attached hydrogens (tertiary/aromatic N) is 1. The average molecular weight is 568 g/mol. The second-order valence-electron chi connectivity index (χ2n) is 7.65. The van der Waals surface area contributed by atoms with Crippen molar-refractivity contribution in [1.29, 1.82) is 0 Å². The SMILES string of the molecule is CCCOc1ccc(C(=O)Oc2ccc(Br)cc2/C=N\NC(=O)CNC(=O)c2ccc(OC)cc2)cc1. The number of carbonyl (C=O) groups excluding carboxylic acids is 3. The lowest BCUT2D eigenvalue weighted by atomic mass is 10.2. The molecule has 0 aromatic heterocycles. The maximum absolute atomic E-state index is 12.6. The first-order valence-electron chi connectivity index (χ1n) is 11.4. The molecule has 0 spiro atoms. The van der Waals surface area contributed by atoms with E-state index in [0.29, 0.717) is 34.8 Å². The quantitative estimate of drug-likeness (QED) is 0.154. The Morgan fingerprint density at radius 3 is 2.30 bits per heavy atom. The van der Waals surface area contributed by atoms with Crippen LogP contribution in [0.15, 0.2) is 76.3 Å². The van der Waals surface area contributed by atoms with Gasteiger partial charge in [-0.25, -0.2) is 10.2 Å². The summed E-state index contributed by atoms with van der Waals surface area (Å²) in [6, 6.07) is 18.2. The van der Waals surface area contributed by atoms with Crippen LogP contribution in [0, 0.1) is 0 Å². The van der Waals surface area contributed by atoms with Gasteiger partial charge in [0, 0.05) is 15.6 Å². The van der Waals surface area contributed by atoms with Crippen molar-refractivity contribution in [1.82, 2.24) is 10.7 Å². The van der Waals surface area contributed by atoms with Gasteiger partial charge in [-0.05, 0) is 73.2 Å². The fraction of sp³-hybridized carbons (Fsp3) is 0.185. The fourth-order valence-corrected chi connectivity index (χ4v) is 3.38. The number of carbonyl (C=O) groups is 3. The van der Waals surface area contributed by atoms with Crippen LogP contribution in [0.1, 0.15) is 39.6 Å². The van der Waals surface area contributed by atoms with Crippen molar-refractivity contribution >= 4 is 39.9 Å². The van der Waals surface area contributed by atoms with Crippen LogP contribution in [-0.4, -0.2) is 44.3 Å². The molecule has 10 heteroatoms. The van der Waals surface area contributed by atoms with Gasteiger partial charge in [0.2, 0.25) is 0 Å². The molecule has 0 radical (unpaired) electrons. The highest BCUT2D eigenvalue weighted by Crippen LogP contribution is 2.23. The molecule has 3 rings (SSSR count). The molecule has 0 bridgehead atoms. The molecule has 192 valence electrons. The molecular weight excluding hydrogens is 542 g/mol. The van der Waals surface area contributed by atoms with Crippen LogP contribution in [0.2, 0.25) is 0 Å².